The van der Waals surface area contributed by atoms with Crippen LogP contribution in [0.25, 0.3) is 0 Å². The van der Waals surface area contributed by atoms with Gasteiger partial charge in [-0.2, -0.15) is 0 Å². The molecule has 0 bridgehead atoms. The SMILES string of the molecule is CC1CN(C(=O)COc2cccc(Br)c2)CCN1. The number of rotatable bonds is 3. The molecule has 1 aliphatic heterocycles. The Morgan fingerprint density at radius 3 is 3.17 bits per heavy atom. The standard InChI is InChI=1S/C13H17BrN2O2/c1-10-8-16(6-5-15-10)13(17)9-18-12-4-2-3-11(14)7-12/h2-4,7,10,15H,5-6,8-9H2,1H3. The van der Waals surface area contributed by atoms with Crippen molar-refractivity contribution in [2.24, 2.45) is 0 Å². The Bertz CT molecular complexity index is 425. The predicted molar refractivity (Wildman–Crippen MR) is 73.7 cm³/mol. The number of nitrogens with zero attached hydrogens (tertiary/aromatic N) is 1. The fourth-order valence-corrected chi connectivity index (χ4v) is 2.33. The topological polar surface area (TPSA) is 41.6 Å². The van der Waals surface area contributed by atoms with Crippen molar-refractivity contribution in [1.29, 1.82) is 0 Å². The highest BCUT2D eigenvalue weighted by Crippen LogP contribution is 2.17. The smallest absolute Gasteiger partial charge is 0.260 e. The number of halogens is 1. The van der Waals surface area contributed by atoms with E-state index in [4.69, 9.17) is 4.74 Å². The third-order valence-electron chi connectivity index (χ3n) is 2.88. The minimum Gasteiger partial charge on any atom is -0.484 e. The molecule has 1 fully saturated rings. The molecule has 2 rings (SSSR count). The van der Waals surface area contributed by atoms with Crippen LogP contribution < -0.4 is 10.1 Å². The van der Waals surface area contributed by atoms with Gasteiger partial charge < -0.3 is 15.0 Å². The molecule has 18 heavy (non-hydrogen) atoms. The molecule has 4 nitrogen and oxygen atoms in total. The molecule has 0 radical (unpaired) electrons. The molecule has 0 aromatic heterocycles. The van der Waals surface area contributed by atoms with Gasteiger partial charge >= 0.3 is 0 Å². The number of hydrogen-bond donors (Lipinski definition) is 1. The second-order valence-electron chi connectivity index (χ2n) is 4.44. The minimum atomic E-state index is 0.0447. The van der Waals surface area contributed by atoms with Crippen molar-refractivity contribution >= 4 is 21.8 Å². The highest BCUT2D eigenvalue weighted by atomic mass is 79.9. The van der Waals surface area contributed by atoms with E-state index in [1.54, 1.807) is 0 Å². The van der Waals surface area contributed by atoms with Crippen molar-refractivity contribution in [3.05, 3.63) is 28.7 Å². The van der Waals surface area contributed by atoms with Crippen LogP contribution in [-0.2, 0) is 4.79 Å². The van der Waals surface area contributed by atoms with Crippen LogP contribution in [0.4, 0.5) is 0 Å². The van der Waals surface area contributed by atoms with E-state index in [0.29, 0.717) is 11.8 Å². The monoisotopic (exact) mass is 312 g/mol. The highest BCUT2D eigenvalue weighted by molar-refractivity contribution is 9.10. The molecule has 0 spiro atoms. The summed E-state index contributed by atoms with van der Waals surface area (Å²) in [6.45, 7) is 4.53. The number of benzene rings is 1. The summed E-state index contributed by atoms with van der Waals surface area (Å²) in [6, 6.07) is 7.86. The third kappa shape index (κ3) is 3.71. The quantitative estimate of drug-likeness (QED) is 0.922. The molecule has 0 aliphatic carbocycles. The number of amides is 1. The van der Waals surface area contributed by atoms with Gasteiger partial charge in [-0.1, -0.05) is 22.0 Å². The summed E-state index contributed by atoms with van der Waals surface area (Å²) in [5.41, 5.74) is 0. The molecule has 0 saturated carbocycles. The molecule has 1 heterocycles. The molecule has 1 atom stereocenters. The summed E-state index contributed by atoms with van der Waals surface area (Å²) in [5.74, 6) is 0.754. The Morgan fingerprint density at radius 1 is 1.61 bits per heavy atom. The molecule has 1 unspecified atom stereocenters. The Balaban J connectivity index is 1.84. The van der Waals surface area contributed by atoms with Crippen LogP contribution in [0, 0.1) is 0 Å². The van der Waals surface area contributed by atoms with Gasteiger partial charge in [-0.05, 0) is 25.1 Å². The summed E-state index contributed by atoms with van der Waals surface area (Å²) < 4.78 is 6.44. The van der Waals surface area contributed by atoms with Gasteiger partial charge in [0.15, 0.2) is 6.61 Å². The average molecular weight is 313 g/mol. The van der Waals surface area contributed by atoms with Crippen LogP contribution in [0.2, 0.25) is 0 Å². The summed E-state index contributed by atoms with van der Waals surface area (Å²) in [7, 11) is 0. The first kappa shape index (κ1) is 13.4. The lowest BCUT2D eigenvalue weighted by Crippen LogP contribution is -2.52. The van der Waals surface area contributed by atoms with E-state index >= 15 is 0 Å². The number of hydrogen-bond acceptors (Lipinski definition) is 3. The average Bonchev–Trinajstić information content (AvgIpc) is 2.36. The van der Waals surface area contributed by atoms with Gasteiger partial charge in [-0.25, -0.2) is 0 Å². The number of ether oxygens (including phenoxy) is 1. The first-order valence-corrected chi connectivity index (χ1v) is 6.84. The van der Waals surface area contributed by atoms with Crippen molar-refractivity contribution in [2.75, 3.05) is 26.2 Å². The zero-order valence-corrected chi connectivity index (χ0v) is 11.9. The van der Waals surface area contributed by atoms with Crippen LogP contribution in [0.1, 0.15) is 6.92 Å². The van der Waals surface area contributed by atoms with Crippen LogP contribution in [0.5, 0.6) is 5.75 Å². The lowest BCUT2D eigenvalue weighted by molar-refractivity contribution is -0.134. The van der Waals surface area contributed by atoms with Crippen LogP contribution >= 0.6 is 15.9 Å². The van der Waals surface area contributed by atoms with Gasteiger partial charge in [0.1, 0.15) is 5.75 Å². The van der Waals surface area contributed by atoms with Crippen molar-refractivity contribution in [1.82, 2.24) is 10.2 Å². The van der Waals surface area contributed by atoms with E-state index in [-0.39, 0.29) is 12.5 Å². The molecule has 1 aromatic carbocycles. The second kappa shape index (κ2) is 6.20. The largest absolute Gasteiger partial charge is 0.484 e. The molecule has 1 aliphatic rings. The van der Waals surface area contributed by atoms with E-state index < -0.39 is 0 Å². The molecular weight excluding hydrogens is 296 g/mol. The lowest BCUT2D eigenvalue weighted by Gasteiger charge is -2.31. The fraction of sp³-hybridized carbons (Fsp3) is 0.462. The molecule has 98 valence electrons. The Labute approximate surface area is 115 Å². The number of carbonyl (C=O) groups is 1. The maximum atomic E-state index is 12.0. The van der Waals surface area contributed by atoms with Crippen molar-refractivity contribution in [3.8, 4) is 5.75 Å². The maximum absolute atomic E-state index is 12.0. The summed E-state index contributed by atoms with van der Waals surface area (Å²) in [6.07, 6.45) is 0. The first-order chi connectivity index (χ1) is 8.65. The zero-order valence-electron chi connectivity index (χ0n) is 10.4. The summed E-state index contributed by atoms with van der Waals surface area (Å²) in [4.78, 5) is 13.8. The highest BCUT2D eigenvalue weighted by Gasteiger charge is 2.20. The van der Waals surface area contributed by atoms with Gasteiger partial charge in [0.05, 0.1) is 0 Å². The second-order valence-corrected chi connectivity index (χ2v) is 5.36. The van der Waals surface area contributed by atoms with Crippen LogP contribution in [0.3, 0.4) is 0 Å². The predicted octanol–water partition coefficient (Wildman–Crippen LogP) is 1.65. The summed E-state index contributed by atoms with van der Waals surface area (Å²) >= 11 is 3.37. The van der Waals surface area contributed by atoms with E-state index in [1.807, 2.05) is 29.2 Å². The molecular formula is C13H17BrN2O2. The van der Waals surface area contributed by atoms with Gasteiger partial charge in [-0.3, -0.25) is 4.79 Å². The van der Waals surface area contributed by atoms with Crippen molar-refractivity contribution in [3.63, 3.8) is 0 Å². The van der Waals surface area contributed by atoms with E-state index in [0.717, 1.165) is 24.1 Å². The lowest BCUT2D eigenvalue weighted by atomic mass is 10.2. The van der Waals surface area contributed by atoms with Gasteiger partial charge in [0.2, 0.25) is 0 Å². The van der Waals surface area contributed by atoms with Crippen LogP contribution in [-0.4, -0.2) is 43.1 Å². The van der Waals surface area contributed by atoms with Crippen molar-refractivity contribution < 1.29 is 9.53 Å². The minimum absolute atomic E-state index is 0.0447. The molecule has 1 aromatic rings. The normalized spacial score (nSPS) is 19.7. The van der Waals surface area contributed by atoms with Gasteiger partial charge in [0, 0.05) is 30.1 Å². The van der Waals surface area contributed by atoms with Crippen LogP contribution in [0.15, 0.2) is 28.7 Å². The first-order valence-electron chi connectivity index (χ1n) is 6.04. The van der Waals surface area contributed by atoms with E-state index in [2.05, 4.69) is 28.2 Å². The molecule has 5 heteroatoms. The Kier molecular flexibility index (Phi) is 4.60. The Morgan fingerprint density at radius 2 is 2.44 bits per heavy atom. The summed E-state index contributed by atoms with van der Waals surface area (Å²) in [5, 5.41) is 3.31. The third-order valence-corrected chi connectivity index (χ3v) is 3.37. The Hall–Kier alpha value is -1.07. The molecule has 1 saturated heterocycles. The van der Waals surface area contributed by atoms with E-state index in [1.165, 1.54) is 0 Å². The number of carbonyl (C=O) groups excluding carboxylic acids is 1. The fourth-order valence-electron chi connectivity index (χ4n) is 1.95. The van der Waals surface area contributed by atoms with Gasteiger partial charge in [0.25, 0.3) is 5.91 Å². The van der Waals surface area contributed by atoms with E-state index in [9.17, 15) is 4.79 Å². The molecule has 1 N–H and O–H groups in total. The van der Waals surface area contributed by atoms with Crippen molar-refractivity contribution in [2.45, 2.75) is 13.0 Å². The maximum Gasteiger partial charge on any atom is 0.260 e. The zero-order chi connectivity index (χ0) is 13.0. The number of nitrogens with one attached hydrogen (secondary N) is 1. The van der Waals surface area contributed by atoms with Gasteiger partial charge in [-0.15, -0.1) is 0 Å². The number of piperazine rings is 1. The molecule has 1 amide bonds.